The van der Waals surface area contributed by atoms with Crippen molar-refractivity contribution in [1.82, 2.24) is 19.5 Å². The first-order chi connectivity index (χ1) is 16.3. The van der Waals surface area contributed by atoms with Crippen molar-refractivity contribution in [2.75, 3.05) is 22.9 Å². The molecule has 1 aliphatic heterocycles. The number of carbonyl (C=O) groups excluding carboxylic acids is 1. The minimum Gasteiger partial charge on any atom is -0.390 e. The maximum absolute atomic E-state index is 13.1. The van der Waals surface area contributed by atoms with Gasteiger partial charge in [-0.1, -0.05) is 17.6 Å². The number of carbonyl (C=O) groups is 1. The molecule has 4 aromatic rings. The normalized spacial score (nSPS) is 26.9. The number of pyridine rings is 1. The first-order valence-electron chi connectivity index (χ1n) is 11.0. The summed E-state index contributed by atoms with van der Waals surface area (Å²) in [7, 11) is 5.85. The molecule has 2 radical (unpaired) electrons. The van der Waals surface area contributed by atoms with Gasteiger partial charge in [0.1, 0.15) is 37.6 Å². The van der Waals surface area contributed by atoms with Crippen molar-refractivity contribution < 1.29 is 15.0 Å². The predicted octanol–water partition coefficient (Wildman–Crippen LogP) is 0.0276. The summed E-state index contributed by atoms with van der Waals surface area (Å²) in [6.45, 7) is 0.271. The molecule has 1 aliphatic carbocycles. The number of aliphatic hydroxyl groups excluding tert-OH is 2. The highest BCUT2D eigenvalue weighted by atomic mass is 16.3. The molecular weight excluding hydrogens is 433 g/mol. The predicted molar refractivity (Wildman–Crippen MR) is 129 cm³/mol. The minimum absolute atomic E-state index is 0.118. The summed E-state index contributed by atoms with van der Waals surface area (Å²) in [4.78, 5) is 27.4. The van der Waals surface area contributed by atoms with Crippen LogP contribution in [0.3, 0.4) is 0 Å². The largest absolute Gasteiger partial charge is 0.390 e. The summed E-state index contributed by atoms with van der Waals surface area (Å²) in [5.74, 6) is 0.453. The fourth-order valence-corrected chi connectivity index (χ4v) is 5.53. The van der Waals surface area contributed by atoms with Crippen LogP contribution in [0, 0.1) is 5.41 Å². The Bertz CT molecular complexity index is 1470. The average Bonchev–Trinajstić information content (AvgIpc) is 3.45. The van der Waals surface area contributed by atoms with Crippen LogP contribution in [0.5, 0.6) is 0 Å². The van der Waals surface area contributed by atoms with E-state index in [4.69, 9.17) is 19.3 Å². The second-order valence-electron chi connectivity index (χ2n) is 9.28. The molecule has 4 atom stereocenters. The molecule has 6 rings (SSSR count). The van der Waals surface area contributed by atoms with Gasteiger partial charge in [0.05, 0.1) is 23.0 Å². The molecule has 0 bridgehead atoms. The average molecular weight is 455 g/mol. The van der Waals surface area contributed by atoms with Crippen LogP contribution < -0.4 is 21.8 Å². The van der Waals surface area contributed by atoms with E-state index in [9.17, 15) is 15.0 Å². The fraction of sp³-hybridized carbons (Fsp3) is 0.304. The van der Waals surface area contributed by atoms with Gasteiger partial charge in [0.25, 0.3) is 0 Å². The van der Waals surface area contributed by atoms with Crippen LogP contribution in [0.1, 0.15) is 18.9 Å². The van der Waals surface area contributed by atoms with E-state index in [2.05, 4.69) is 15.0 Å². The van der Waals surface area contributed by atoms with Gasteiger partial charge >= 0.3 is 0 Å². The smallest absolute Gasteiger partial charge is 0.227 e. The Kier molecular flexibility index (Phi) is 4.39. The Labute approximate surface area is 195 Å². The van der Waals surface area contributed by atoms with Crippen LogP contribution in [-0.2, 0) is 4.79 Å². The van der Waals surface area contributed by atoms with Crippen LogP contribution >= 0.6 is 0 Å². The van der Waals surface area contributed by atoms with Crippen LogP contribution in [0.2, 0.25) is 0 Å². The number of fused-ring (bicyclic) bond motifs is 2. The summed E-state index contributed by atoms with van der Waals surface area (Å²) >= 11 is 0. The SMILES string of the molecule is [B]c1cc2ccc(N3C[C@@]4(CC3=O)C[C@@H](n3ccc5c(N)ncnc53)[C@H](O)[C@@H]4O)cc2nc1N. The van der Waals surface area contributed by atoms with E-state index in [1.54, 1.807) is 29.3 Å². The lowest BCUT2D eigenvalue weighted by Crippen LogP contribution is -2.38. The number of rotatable bonds is 2. The van der Waals surface area contributed by atoms with Crippen molar-refractivity contribution in [1.29, 1.82) is 0 Å². The standard InChI is InChI=1S/C23H22BN7O3/c24-14-5-11-1-2-12(6-15(11)29-21(14)26)31-9-23(8-17(31)32)7-16(18(33)19(23)34)30-4-3-13-20(25)27-10-28-22(13)30/h1-6,10,16,18-19,33-34H,7-9H2,(H2,26,29)(H2,25,27,28)/t16-,18+,19+,23+/m1/s1. The van der Waals surface area contributed by atoms with Crippen molar-refractivity contribution >= 4 is 58.5 Å². The third kappa shape index (κ3) is 2.90. The maximum Gasteiger partial charge on any atom is 0.227 e. The fourth-order valence-electron chi connectivity index (χ4n) is 5.53. The molecule has 34 heavy (non-hydrogen) atoms. The van der Waals surface area contributed by atoms with Gasteiger partial charge in [0.15, 0.2) is 0 Å². The van der Waals surface area contributed by atoms with E-state index in [1.165, 1.54) is 6.33 Å². The second-order valence-corrected chi connectivity index (χ2v) is 9.28. The highest BCUT2D eigenvalue weighted by Crippen LogP contribution is 2.52. The molecule has 3 aromatic heterocycles. The third-order valence-corrected chi connectivity index (χ3v) is 7.31. The zero-order chi connectivity index (χ0) is 23.8. The van der Waals surface area contributed by atoms with E-state index in [0.29, 0.717) is 39.9 Å². The molecule has 1 saturated carbocycles. The Hall–Kier alpha value is -3.70. The summed E-state index contributed by atoms with van der Waals surface area (Å²) in [6.07, 6.45) is 1.53. The van der Waals surface area contributed by atoms with E-state index in [1.807, 2.05) is 16.7 Å². The van der Waals surface area contributed by atoms with Gasteiger partial charge in [-0.3, -0.25) is 4.79 Å². The number of aromatic nitrogens is 4. The summed E-state index contributed by atoms with van der Waals surface area (Å²) in [5.41, 5.74) is 13.3. The number of benzene rings is 1. The maximum atomic E-state index is 13.1. The molecular formula is C23H22BN7O3. The van der Waals surface area contributed by atoms with Crippen molar-refractivity contribution in [2.45, 2.75) is 31.1 Å². The second kappa shape index (κ2) is 7.15. The summed E-state index contributed by atoms with van der Waals surface area (Å²) in [5, 5.41) is 23.6. The van der Waals surface area contributed by atoms with E-state index in [-0.39, 0.29) is 24.7 Å². The Morgan fingerprint density at radius 2 is 1.94 bits per heavy atom. The number of anilines is 3. The lowest BCUT2D eigenvalue weighted by Gasteiger charge is -2.27. The monoisotopic (exact) mass is 455 g/mol. The van der Waals surface area contributed by atoms with Gasteiger partial charge in [0, 0.05) is 30.3 Å². The van der Waals surface area contributed by atoms with Gasteiger partial charge in [-0.15, -0.1) is 0 Å². The van der Waals surface area contributed by atoms with E-state index < -0.39 is 23.7 Å². The van der Waals surface area contributed by atoms with Gasteiger partial charge in [0.2, 0.25) is 5.91 Å². The first kappa shape index (κ1) is 20.9. The molecule has 2 aliphatic rings. The van der Waals surface area contributed by atoms with Gasteiger partial charge in [-0.05, 0) is 30.0 Å². The molecule has 10 nitrogen and oxygen atoms in total. The van der Waals surface area contributed by atoms with Crippen LogP contribution in [0.4, 0.5) is 17.3 Å². The molecule has 11 heteroatoms. The molecule has 1 spiro atoms. The van der Waals surface area contributed by atoms with Crippen molar-refractivity contribution in [3.63, 3.8) is 0 Å². The topological polar surface area (TPSA) is 156 Å². The zero-order valence-corrected chi connectivity index (χ0v) is 18.2. The van der Waals surface area contributed by atoms with Crippen LogP contribution in [0.15, 0.2) is 42.9 Å². The number of nitrogen functional groups attached to an aromatic ring is 2. The van der Waals surface area contributed by atoms with Crippen molar-refractivity contribution in [3.8, 4) is 0 Å². The Morgan fingerprint density at radius 3 is 2.76 bits per heavy atom. The quantitative estimate of drug-likeness (QED) is 0.309. The zero-order valence-electron chi connectivity index (χ0n) is 18.2. The summed E-state index contributed by atoms with van der Waals surface area (Å²) < 4.78 is 1.82. The van der Waals surface area contributed by atoms with Crippen molar-refractivity contribution in [2.24, 2.45) is 5.41 Å². The van der Waals surface area contributed by atoms with E-state index in [0.717, 1.165) is 5.39 Å². The summed E-state index contributed by atoms with van der Waals surface area (Å²) in [6, 6.07) is 8.53. The number of amides is 1. The van der Waals surface area contributed by atoms with E-state index >= 15 is 0 Å². The Balaban J connectivity index is 1.34. The lowest BCUT2D eigenvalue weighted by atomic mass is 9.82. The Morgan fingerprint density at radius 1 is 1.12 bits per heavy atom. The third-order valence-electron chi connectivity index (χ3n) is 7.31. The molecule has 1 aromatic carbocycles. The van der Waals surface area contributed by atoms with Gasteiger partial charge in [-0.25, -0.2) is 15.0 Å². The number of hydrogen-bond acceptors (Lipinski definition) is 8. The van der Waals surface area contributed by atoms with Crippen LogP contribution in [0.25, 0.3) is 21.9 Å². The highest BCUT2D eigenvalue weighted by molar-refractivity contribution is 6.36. The first-order valence-corrected chi connectivity index (χ1v) is 11.0. The number of hydrogen-bond donors (Lipinski definition) is 4. The molecule has 2 fully saturated rings. The molecule has 6 N–H and O–H groups in total. The van der Waals surface area contributed by atoms with Gasteiger partial charge < -0.3 is 31.1 Å². The number of nitrogens with two attached hydrogens (primary N) is 2. The molecule has 170 valence electrons. The minimum atomic E-state index is -1.09. The molecule has 4 heterocycles. The molecule has 1 saturated heterocycles. The molecule has 1 amide bonds. The van der Waals surface area contributed by atoms with Crippen molar-refractivity contribution in [3.05, 3.63) is 42.9 Å². The number of nitrogens with zero attached hydrogens (tertiary/aromatic N) is 5. The highest BCUT2D eigenvalue weighted by Gasteiger charge is 2.58. The lowest BCUT2D eigenvalue weighted by molar-refractivity contribution is -0.118. The van der Waals surface area contributed by atoms with Crippen LogP contribution in [-0.4, -0.2) is 62.2 Å². The van der Waals surface area contributed by atoms with Gasteiger partial charge in [-0.2, -0.15) is 0 Å². The molecule has 0 unspecified atom stereocenters. The number of aliphatic hydroxyl groups is 2.